The number of nitrogens with one attached hydrogen (secondary N) is 2. The zero-order valence-electron chi connectivity index (χ0n) is 8.24. The lowest BCUT2D eigenvalue weighted by Crippen LogP contribution is -2.07. The molecule has 2 rings (SSSR count). The van der Waals surface area contributed by atoms with Crippen LogP contribution in [0.1, 0.15) is 5.82 Å². The Kier molecular flexibility index (Phi) is 3.74. The molecular weight excluding hydrogens is 293 g/mol. The first-order valence-corrected chi connectivity index (χ1v) is 5.82. The third-order valence-corrected chi connectivity index (χ3v) is 2.65. The lowest BCUT2D eigenvalue weighted by atomic mass is 10.4. The molecule has 0 saturated heterocycles. The number of hydrogen-bond acceptors (Lipinski definition) is 4. The monoisotopic (exact) mass is 301 g/mol. The van der Waals surface area contributed by atoms with E-state index in [4.69, 9.17) is 11.6 Å². The van der Waals surface area contributed by atoms with E-state index in [1.165, 1.54) is 6.33 Å². The minimum atomic E-state index is 0.590. The van der Waals surface area contributed by atoms with Gasteiger partial charge in [-0.2, -0.15) is 5.10 Å². The summed E-state index contributed by atoms with van der Waals surface area (Å²) in [5.74, 6) is 1.50. The number of nitrogens with zero attached hydrogens (tertiary/aromatic N) is 3. The minimum absolute atomic E-state index is 0.590. The van der Waals surface area contributed by atoms with Gasteiger partial charge >= 0.3 is 0 Å². The van der Waals surface area contributed by atoms with Crippen molar-refractivity contribution in [2.24, 2.45) is 0 Å². The van der Waals surface area contributed by atoms with Crippen LogP contribution in [0.3, 0.4) is 0 Å². The molecule has 2 aromatic heterocycles. The van der Waals surface area contributed by atoms with Crippen LogP contribution >= 0.6 is 27.5 Å². The number of halogens is 2. The van der Waals surface area contributed by atoms with E-state index in [9.17, 15) is 0 Å². The van der Waals surface area contributed by atoms with Gasteiger partial charge in [-0.15, -0.1) is 0 Å². The van der Waals surface area contributed by atoms with Crippen LogP contribution in [0.4, 0.5) is 5.82 Å². The van der Waals surface area contributed by atoms with E-state index >= 15 is 0 Å². The van der Waals surface area contributed by atoms with Crippen molar-refractivity contribution in [3.8, 4) is 0 Å². The van der Waals surface area contributed by atoms with Crippen LogP contribution in [-0.4, -0.2) is 26.7 Å². The number of aromatic nitrogens is 4. The summed E-state index contributed by atoms with van der Waals surface area (Å²) in [4.78, 5) is 8.18. The fourth-order valence-corrected chi connectivity index (χ4v) is 1.89. The van der Waals surface area contributed by atoms with Gasteiger partial charge in [0.25, 0.3) is 0 Å². The molecule has 2 aromatic rings. The molecule has 0 fully saturated rings. The van der Waals surface area contributed by atoms with Crippen molar-refractivity contribution in [3.05, 3.63) is 33.9 Å². The molecule has 0 aliphatic heterocycles. The van der Waals surface area contributed by atoms with Crippen LogP contribution in [0.15, 0.2) is 23.1 Å². The minimum Gasteiger partial charge on any atom is -0.368 e. The number of hydrogen-bond donors (Lipinski definition) is 2. The van der Waals surface area contributed by atoms with E-state index in [2.05, 4.69) is 41.4 Å². The van der Waals surface area contributed by atoms with Gasteiger partial charge in [0.05, 0.1) is 5.02 Å². The summed E-state index contributed by atoms with van der Waals surface area (Å²) in [7, 11) is 0. The Morgan fingerprint density at radius 2 is 2.31 bits per heavy atom. The smallest absolute Gasteiger partial charge is 0.144 e. The summed E-state index contributed by atoms with van der Waals surface area (Å²) in [6.07, 6.45) is 3.93. The van der Waals surface area contributed by atoms with Crippen molar-refractivity contribution in [1.29, 1.82) is 0 Å². The fraction of sp³-hybridized carbons (Fsp3) is 0.222. The molecule has 0 aliphatic carbocycles. The molecule has 0 radical (unpaired) electrons. The van der Waals surface area contributed by atoms with Crippen LogP contribution in [-0.2, 0) is 6.42 Å². The van der Waals surface area contributed by atoms with Gasteiger partial charge in [-0.25, -0.2) is 9.97 Å². The summed E-state index contributed by atoms with van der Waals surface area (Å²) < 4.78 is 0.860. The molecule has 0 atom stereocenters. The van der Waals surface area contributed by atoms with Crippen LogP contribution < -0.4 is 5.32 Å². The first kappa shape index (κ1) is 11.3. The van der Waals surface area contributed by atoms with E-state index in [1.54, 1.807) is 12.3 Å². The van der Waals surface area contributed by atoms with Crippen molar-refractivity contribution in [1.82, 2.24) is 20.2 Å². The zero-order valence-corrected chi connectivity index (χ0v) is 10.6. The van der Waals surface area contributed by atoms with E-state index in [-0.39, 0.29) is 0 Å². The molecule has 0 aromatic carbocycles. The van der Waals surface area contributed by atoms with Crippen LogP contribution in [0, 0.1) is 0 Å². The van der Waals surface area contributed by atoms with Gasteiger partial charge in [0.15, 0.2) is 0 Å². The predicted octanol–water partition coefficient (Wildman–Crippen LogP) is 2.27. The molecule has 2 N–H and O–H groups in total. The largest absolute Gasteiger partial charge is 0.368 e. The number of anilines is 1. The molecule has 0 aliphatic rings. The van der Waals surface area contributed by atoms with Crippen molar-refractivity contribution in [2.45, 2.75) is 6.42 Å². The molecule has 0 amide bonds. The highest BCUT2D eigenvalue weighted by atomic mass is 79.9. The molecular formula is C9H9BrClN5. The second-order valence-corrected chi connectivity index (χ2v) is 4.42. The standard InChI is InChI=1S/C9H9BrClN5/c10-6-3-7(11)9(13-4-6)12-2-1-8-14-5-15-16-8/h3-5H,1-2H2,(H,12,13)(H,14,15,16). The van der Waals surface area contributed by atoms with Gasteiger partial charge in [-0.1, -0.05) is 11.6 Å². The highest BCUT2D eigenvalue weighted by molar-refractivity contribution is 9.10. The summed E-state index contributed by atoms with van der Waals surface area (Å²) in [6.45, 7) is 0.698. The maximum atomic E-state index is 6.00. The van der Waals surface area contributed by atoms with Gasteiger partial charge in [0, 0.05) is 23.6 Å². The normalized spacial score (nSPS) is 10.4. The molecule has 0 spiro atoms. The zero-order chi connectivity index (χ0) is 11.4. The van der Waals surface area contributed by atoms with E-state index in [0.29, 0.717) is 17.4 Å². The summed E-state index contributed by atoms with van der Waals surface area (Å²) in [5.41, 5.74) is 0. The van der Waals surface area contributed by atoms with E-state index < -0.39 is 0 Å². The third-order valence-electron chi connectivity index (χ3n) is 1.93. The molecule has 0 bridgehead atoms. The molecule has 0 unspecified atom stereocenters. The molecule has 0 saturated carbocycles. The van der Waals surface area contributed by atoms with Gasteiger partial charge in [0.1, 0.15) is 18.0 Å². The van der Waals surface area contributed by atoms with Gasteiger partial charge < -0.3 is 5.32 Å². The van der Waals surface area contributed by atoms with E-state index in [1.807, 2.05) is 0 Å². The summed E-state index contributed by atoms with van der Waals surface area (Å²) in [5, 5.41) is 10.3. The van der Waals surface area contributed by atoms with Crippen molar-refractivity contribution in [2.75, 3.05) is 11.9 Å². The summed E-state index contributed by atoms with van der Waals surface area (Å²) >= 11 is 9.30. The number of pyridine rings is 1. The average Bonchev–Trinajstić information content (AvgIpc) is 2.74. The molecule has 2 heterocycles. The van der Waals surface area contributed by atoms with Crippen LogP contribution in [0.25, 0.3) is 0 Å². The van der Waals surface area contributed by atoms with Crippen LogP contribution in [0.5, 0.6) is 0 Å². The van der Waals surface area contributed by atoms with Gasteiger partial charge in [-0.05, 0) is 22.0 Å². The van der Waals surface area contributed by atoms with Crippen molar-refractivity contribution in [3.63, 3.8) is 0 Å². The maximum absolute atomic E-state index is 6.00. The quantitative estimate of drug-likeness (QED) is 0.909. The highest BCUT2D eigenvalue weighted by Gasteiger charge is 2.02. The lowest BCUT2D eigenvalue weighted by molar-refractivity contribution is 0.897. The SMILES string of the molecule is Clc1cc(Br)cnc1NCCc1ncn[nH]1. The Bertz CT molecular complexity index is 459. The maximum Gasteiger partial charge on any atom is 0.144 e. The van der Waals surface area contributed by atoms with Crippen molar-refractivity contribution < 1.29 is 0 Å². The second kappa shape index (κ2) is 5.27. The average molecular weight is 303 g/mol. The molecule has 84 valence electrons. The number of rotatable bonds is 4. The molecule has 7 heteroatoms. The third kappa shape index (κ3) is 2.93. The predicted molar refractivity (Wildman–Crippen MR) is 65.5 cm³/mol. The Labute approximate surface area is 106 Å². The first-order chi connectivity index (χ1) is 7.75. The Morgan fingerprint density at radius 3 is 3.00 bits per heavy atom. The first-order valence-electron chi connectivity index (χ1n) is 4.65. The molecule has 5 nitrogen and oxygen atoms in total. The Morgan fingerprint density at radius 1 is 1.44 bits per heavy atom. The van der Waals surface area contributed by atoms with E-state index in [0.717, 1.165) is 16.7 Å². The van der Waals surface area contributed by atoms with Crippen LogP contribution in [0.2, 0.25) is 5.02 Å². The van der Waals surface area contributed by atoms with Crippen molar-refractivity contribution >= 4 is 33.3 Å². The van der Waals surface area contributed by atoms with Gasteiger partial charge in [-0.3, -0.25) is 5.10 Å². The summed E-state index contributed by atoms with van der Waals surface area (Å²) in [6, 6.07) is 1.80. The second-order valence-electron chi connectivity index (χ2n) is 3.09. The Balaban J connectivity index is 1.90. The Hall–Kier alpha value is -1.14. The number of H-pyrrole nitrogens is 1. The van der Waals surface area contributed by atoms with Gasteiger partial charge in [0.2, 0.25) is 0 Å². The fourth-order valence-electron chi connectivity index (χ4n) is 1.20. The topological polar surface area (TPSA) is 66.5 Å². The highest BCUT2D eigenvalue weighted by Crippen LogP contribution is 2.22. The lowest BCUT2D eigenvalue weighted by Gasteiger charge is -2.06. The molecule has 16 heavy (non-hydrogen) atoms. The number of aromatic amines is 1.